The molecule has 0 unspecified atom stereocenters. The Morgan fingerprint density at radius 1 is 1.16 bits per heavy atom. The second-order valence-corrected chi connectivity index (χ2v) is 6.23. The lowest BCUT2D eigenvalue weighted by molar-refractivity contribution is 0.570. The van der Waals surface area contributed by atoms with Crippen molar-refractivity contribution in [1.29, 1.82) is 5.26 Å². The number of rotatable bonds is 1. The molecule has 2 aromatic rings. The quantitative estimate of drug-likeness (QED) is 0.762. The molecule has 2 heteroatoms. The fourth-order valence-corrected chi connectivity index (χ4v) is 2.36. The van der Waals surface area contributed by atoms with Crippen LogP contribution in [0.3, 0.4) is 0 Å². The number of fused-ring (bicyclic) bond motifs is 1. The number of aromatic nitrogens is 1. The van der Waals surface area contributed by atoms with Crippen molar-refractivity contribution in [2.24, 2.45) is 0 Å². The molecule has 2 rings (SSSR count). The number of nitriles is 1. The number of hydrogen-bond acceptors (Lipinski definition) is 2. The highest BCUT2D eigenvalue weighted by Gasteiger charge is 2.18. The van der Waals surface area contributed by atoms with Crippen LogP contribution < -0.4 is 0 Å². The van der Waals surface area contributed by atoms with E-state index in [2.05, 4.69) is 58.9 Å². The molecule has 0 aliphatic rings. The molecule has 0 aliphatic heterocycles. The third-order valence-electron chi connectivity index (χ3n) is 3.37. The summed E-state index contributed by atoms with van der Waals surface area (Å²) in [5, 5.41) is 10.2. The van der Waals surface area contributed by atoms with E-state index in [9.17, 15) is 0 Å². The summed E-state index contributed by atoms with van der Waals surface area (Å²) in [6.07, 6.45) is 0.436. The van der Waals surface area contributed by atoms with Crippen molar-refractivity contribution in [1.82, 2.24) is 4.98 Å². The maximum absolute atomic E-state index is 9.04. The standard InChI is InChI=1S/C17H20N2/c1-11-8-12(2)16-14(9-11)13(6-7-18)10-15(19-16)17(3,4)5/h8-10H,6H2,1-5H3. The molecule has 0 spiro atoms. The van der Waals surface area contributed by atoms with Gasteiger partial charge in [0.25, 0.3) is 0 Å². The number of hydrogen-bond donors (Lipinski definition) is 0. The molecular weight excluding hydrogens is 232 g/mol. The molecule has 0 atom stereocenters. The lowest BCUT2D eigenvalue weighted by Gasteiger charge is -2.20. The first-order valence-electron chi connectivity index (χ1n) is 6.61. The zero-order chi connectivity index (χ0) is 14.2. The van der Waals surface area contributed by atoms with Gasteiger partial charge in [-0.15, -0.1) is 0 Å². The van der Waals surface area contributed by atoms with Gasteiger partial charge in [-0.3, -0.25) is 4.98 Å². The summed E-state index contributed by atoms with van der Waals surface area (Å²) in [6.45, 7) is 10.6. The first kappa shape index (κ1) is 13.5. The van der Waals surface area contributed by atoms with Gasteiger partial charge in [0, 0.05) is 16.5 Å². The van der Waals surface area contributed by atoms with Crippen LogP contribution in [0.2, 0.25) is 0 Å². The van der Waals surface area contributed by atoms with Crippen LogP contribution in [-0.4, -0.2) is 4.98 Å². The molecule has 1 aromatic carbocycles. The van der Waals surface area contributed by atoms with Gasteiger partial charge in [0.1, 0.15) is 0 Å². The number of benzene rings is 1. The van der Waals surface area contributed by atoms with Crippen LogP contribution in [0, 0.1) is 25.2 Å². The predicted molar refractivity (Wildman–Crippen MR) is 79.2 cm³/mol. The van der Waals surface area contributed by atoms with Gasteiger partial charge < -0.3 is 0 Å². The summed E-state index contributed by atoms with van der Waals surface area (Å²) < 4.78 is 0. The van der Waals surface area contributed by atoms with Crippen LogP contribution in [0.4, 0.5) is 0 Å². The van der Waals surface area contributed by atoms with Crippen LogP contribution >= 0.6 is 0 Å². The average Bonchev–Trinajstić information content (AvgIpc) is 2.28. The second kappa shape index (κ2) is 4.66. The molecule has 0 aliphatic carbocycles. The summed E-state index contributed by atoms with van der Waals surface area (Å²) in [5.41, 5.74) is 5.56. The van der Waals surface area contributed by atoms with Gasteiger partial charge in [-0.2, -0.15) is 5.26 Å². The van der Waals surface area contributed by atoms with Crippen LogP contribution in [-0.2, 0) is 11.8 Å². The zero-order valence-corrected chi connectivity index (χ0v) is 12.3. The summed E-state index contributed by atoms with van der Waals surface area (Å²) in [6, 6.07) is 8.64. The van der Waals surface area contributed by atoms with Gasteiger partial charge in [-0.25, -0.2) is 0 Å². The summed E-state index contributed by atoms with van der Waals surface area (Å²) in [7, 11) is 0. The highest BCUT2D eigenvalue weighted by atomic mass is 14.7. The maximum Gasteiger partial charge on any atom is 0.0737 e. The van der Waals surface area contributed by atoms with E-state index in [1.165, 1.54) is 11.1 Å². The number of pyridine rings is 1. The Morgan fingerprint density at radius 2 is 1.84 bits per heavy atom. The van der Waals surface area contributed by atoms with Crippen molar-refractivity contribution in [3.63, 3.8) is 0 Å². The highest BCUT2D eigenvalue weighted by Crippen LogP contribution is 2.28. The topological polar surface area (TPSA) is 36.7 Å². The van der Waals surface area contributed by atoms with Crippen molar-refractivity contribution in [3.05, 3.63) is 40.6 Å². The molecule has 1 aromatic heterocycles. The fourth-order valence-electron chi connectivity index (χ4n) is 2.36. The van der Waals surface area contributed by atoms with Crippen LogP contribution in [0.1, 0.15) is 43.2 Å². The molecule has 0 saturated carbocycles. The molecule has 0 saturated heterocycles. The molecule has 2 nitrogen and oxygen atoms in total. The second-order valence-electron chi connectivity index (χ2n) is 6.23. The zero-order valence-electron chi connectivity index (χ0n) is 12.3. The minimum Gasteiger partial charge on any atom is -0.252 e. The average molecular weight is 252 g/mol. The molecule has 1 heterocycles. The minimum absolute atomic E-state index is 0.00424. The van der Waals surface area contributed by atoms with Gasteiger partial charge in [-0.05, 0) is 37.1 Å². The van der Waals surface area contributed by atoms with Crippen molar-refractivity contribution >= 4 is 10.9 Å². The highest BCUT2D eigenvalue weighted by molar-refractivity contribution is 5.86. The first-order valence-corrected chi connectivity index (χ1v) is 6.61. The molecule has 98 valence electrons. The molecule has 19 heavy (non-hydrogen) atoms. The van der Waals surface area contributed by atoms with Crippen molar-refractivity contribution in [2.75, 3.05) is 0 Å². The lowest BCUT2D eigenvalue weighted by Crippen LogP contribution is -2.14. The van der Waals surface area contributed by atoms with E-state index in [0.29, 0.717) is 6.42 Å². The van der Waals surface area contributed by atoms with E-state index in [4.69, 9.17) is 10.2 Å². The molecule has 0 amide bonds. The summed E-state index contributed by atoms with van der Waals surface area (Å²) in [5.74, 6) is 0. The predicted octanol–water partition coefficient (Wildman–Crippen LogP) is 4.22. The fraction of sp³-hybridized carbons (Fsp3) is 0.412. The van der Waals surface area contributed by atoms with Gasteiger partial charge >= 0.3 is 0 Å². The van der Waals surface area contributed by atoms with Gasteiger partial charge in [0.05, 0.1) is 18.0 Å². The Kier molecular flexibility index (Phi) is 3.32. The first-order chi connectivity index (χ1) is 8.82. The van der Waals surface area contributed by atoms with E-state index < -0.39 is 0 Å². The van der Waals surface area contributed by atoms with E-state index in [1.807, 2.05) is 0 Å². The van der Waals surface area contributed by atoms with Crippen LogP contribution in [0.15, 0.2) is 18.2 Å². The molecule has 0 radical (unpaired) electrons. The van der Waals surface area contributed by atoms with Crippen LogP contribution in [0.25, 0.3) is 10.9 Å². The van der Waals surface area contributed by atoms with E-state index >= 15 is 0 Å². The maximum atomic E-state index is 9.04. The van der Waals surface area contributed by atoms with E-state index in [1.54, 1.807) is 0 Å². The normalized spacial score (nSPS) is 11.6. The number of nitrogens with zero attached hydrogens (tertiary/aromatic N) is 2. The minimum atomic E-state index is -0.00424. The van der Waals surface area contributed by atoms with Crippen molar-refractivity contribution < 1.29 is 0 Å². The molecule has 0 fully saturated rings. The number of aryl methyl sites for hydroxylation is 2. The molecule has 0 N–H and O–H groups in total. The Labute approximate surface area is 115 Å². The van der Waals surface area contributed by atoms with Gasteiger partial charge in [0.15, 0.2) is 0 Å². The molecular formula is C17H20N2. The Bertz CT molecular complexity index is 670. The Morgan fingerprint density at radius 3 is 2.42 bits per heavy atom. The summed E-state index contributed by atoms with van der Waals surface area (Å²) in [4.78, 5) is 4.82. The third kappa shape index (κ3) is 2.61. The van der Waals surface area contributed by atoms with Crippen LogP contribution in [0.5, 0.6) is 0 Å². The van der Waals surface area contributed by atoms with Gasteiger partial charge in [0.2, 0.25) is 0 Å². The lowest BCUT2D eigenvalue weighted by atomic mass is 9.89. The Hall–Kier alpha value is -1.88. The van der Waals surface area contributed by atoms with E-state index in [0.717, 1.165) is 22.2 Å². The SMILES string of the molecule is Cc1cc(C)c2nc(C(C)(C)C)cc(CC#N)c2c1. The van der Waals surface area contributed by atoms with Gasteiger partial charge in [-0.1, -0.05) is 32.4 Å². The Balaban J connectivity index is 2.84. The smallest absolute Gasteiger partial charge is 0.0737 e. The van der Waals surface area contributed by atoms with Crippen molar-refractivity contribution in [2.45, 2.75) is 46.5 Å². The monoisotopic (exact) mass is 252 g/mol. The van der Waals surface area contributed by atoms with E-state index in [-0.39, 0.29) is 5.41 Å². The third-order valence-corrected chi connectivity index (χ3v) is 3.37. The summed E-state index contributed by atoms with van der Waals surface area (Å²) >= 11 is 0. The largest absolute Gasteiger partial charge is 0.252 e. The van der Waals surface area contributed by atoms with Crippen molar-refractivity contribution in [3.8, 4) is 6.07 Å². The molecule has 0 bridgehead atoms.